The van der Waals surface area contributed by atoms with E-state index in [-0.39, 0.29) is 0 Å². The van der Waals surface area contributed by atoms with Gasteiger partial charge in [-0.25, -0.2) is 9.97 Å². The molecule has 0 atom stereocenters. The molecule has 5 heteroatoms. The molecule has 0 aromatic carbocycles. The van der Waals surface area contributed by atoms with Gasteiger partial charge >= 0.3 is 0 Å². The highest BCUT2D eigenvalue weighted by Gasteiger charge is 2.14. The van der Waals surface area contributed by atoms with Crippen molar-refractivity contribution in [3.05, 3.63) is 30.4 Å². The van der Waals surface area contributed by atoms with Crippen molar-refractivity contribution in [1.82, 2.24) is 15.0 Å². The van der Waals surface area contributed by atoms with Crippen LogP contribution in [0.25, 0.3) is 11.3 Å². The molecule has 0 saturated heterocycles. The second-order valence-corrected chi connectivity index (χ2v) is 3.83. The van der Waals surface area contributed by atoms with Crippen molar-refractivity contribution < 1.29 is 4.74 Å². The van der Waals surface area contributed by atoms with Gasteiger partial charge in [0, 0.05) is 24.5 Å². The van der Waals surface area contributed by atoms with Crippen LogP contribution < -0.4 is 10.1 Å². The van der Waals surface area contributed by atoms with Gasteiger partial charge in [0.25, 0.3) is 0 Å². The summed E-state index contributed by atoms with van der Waals surface area (Å²) in [5.74, 6) is 1.35. The highest BCUT2D eigenvalue weighted by Crippen LogP contribution is 2.33. The van der Waals surface area contributed by atoms with E-state index < -0.39 is 0 Å². The summed E-state index contributed by atoms with van der Waals surface area (Å²) in [6, 6.07) is 1.95. The SMILES string of the molecule is CCNc1ncnc(-c2cnccc2C)c1OC. The van der Waals surface area contributed by atoms with Crippen LogP contribution in [0.2, 0.25) is 0 Å². The van der Waals surface area contributed by atoms with Crippen molar-refractivity contribution in [3.63, 3.8) is 0 Å². The molecule has 94 valence electrons. The topological polar surface area (TPSA) is 59.9 Å². The summed E-state index contributed by atoms with van der Waals surface area (Å²) >= 11 is 0. The standard InChI is InChI=1S/C13H16N4O/c1-4-15-13-12(18-3)11(16-8-17-13)10-7-14-6-5-9(10)2/h5-8H,4H2,1-3H3,(H,15,16,17). The second-order valence-electron chi connectivity index (χ2n) is 3.83. The molecule has 2 aromatic heterocycles. The highest BCUT2D eigenvalue weighted by molar-refractivity contribution is 5.74. The van der Waals surface area contributed by atoms with E-state index in [1.807, 2.05) is 19.9 Å². The normalized spacial score (nSPS) is 10.2. The maximum Gasteiger partial charge on any atom is 0.187 e. The molecular weight excluding hydrogens is 228 g/mol. The van der Waals surface area contributed by atoms with E-state index in [9.17, 15) is 0 Å². The number of pyridine rings is 1. The summed E-state index contributed by atoms with van der Waals surface area (Å²) < 4.78 is 5.42. The van der Waals surface area contributed by atoms with Crippen LogP contribution in [0.5, 0.6) is 5.75 Å². The second kappa shape index (κ2) is 5.44. The molecule has 0 aliphatic rings. The quantitative estimate of drug-likeness (QED) is 0.894. The van der Waals surface area contributed by atoms with Crippen molar-refractivity contribution in [3.8, 4) is 17.0 Å². The minimum atomic E-state index is 0.649. The van der Waals surface area contributed by atoms with E-state index >= 15 is 0 Å². The van der Waals surface area contributed by atoms with Gasteiger partial charge in [-0.05, 0) is 25.5 Å². The number of hydrogen-bond donors (Lipinski definition) is 1. The first-order chi connectivity index (χ1) is 8.77. The van der Waals surface area contributed by atoms with Crippen molar-refractivity contribution >= 4 is 5.82 Å². The lowest BCUT2D eigenvalue weighted by Gasteiger charge is -2.13. The first-order valence-corrected chi connectivity index (χ1v) is 5.81. The predicted molar refractivity (Wildman–Crippen MR) is 70.7 cm³/mol. The van der Waals surface area contributed by atoms with Crippen molar-refractivity contribution in [2.45, 2.75) is 13.8 Å². The number of aryl methyl sites for hydroxylation is 1. The zero-order valence-electron chi connectivity index (χ0n) is 10.8. The molecule has 0 amide bonds. The molecule has 2 heterocycles. The molecule has 2 rings (SSSR count). The van der Waals surface area contributed by atoms with Gasteiger partial charge in [0.1, 0.15) is 12.0 Å². The Morgan fingerprint density at radius 3 is 2.83 bits per heavy atom. The van der Waals surface area contributed by atoms with Crippen LogP contribution in [0.1, 0.15) is 12.5 Å². The van der Waals surface area contributed by atoms with Gasteiger partial charge in [-0.15, -0.1) is 0 Å². The average Bonchev–Trinajstić information content (AvgIpc) is 2.39. The predicted octanol–water partition coefficient (Wildman–Crippen LogP) is 2.29. The molecule has 18 heavy (non-hydrogen) atoms. The third-order valence-corrected chi connectivity index (χ3v) is 2.65. The summed E-state index contributed by atoms with van der Waals surface area (Å²) in [5, 5.41) is 3.16. The molecule has 0 radical (unpaired) electrons. The Labute approximate surface area is 106 Å². The molecule has 5 nitrogen and oxygen atoms in total. The number of ether oxygens (including phenoxy) is 1. The Kier molecular flexibility index (Phi) is 3.72. The summed E-state index contributed by atoms with van der Waals surface area (Å²) in [6.07, 6.45) is 5.08. The van der Waals surface area contributed by atoms with Gasteiger partial charge < -0.3 is 10.1 Å². The lowest BCUT2D eigenvalue weighted by atomic mass is 10.1. The molecule has 0 aliphatic carbocycles. The Morgan fingerprint density at radius 1 is 1.33 bits per heavy atom. The van der Waals surface area contributed by atoms with E-state index in [1.54, 1.807) is 19.5 Å². The first kappa shape index (κ1) is 12.3. The largest absolute Gasteiger partial charge is 0.491 e. The third kappa shape index (κ3) is 2.25. The Hall–Kier alpha value is -2.17. The molecule has 0 bridgehead atoms. The number of nitrogens with zero attached hydrogens (tertiary/aromatic N) is 3. The molecule has 0 saturated carbocycles. The van der Waals surface area contributed by atoms with Crippen LogP contribution in [-0.2, 0) is 0 Å². The highest BCUT2D eigenvalue weighted by atomic mass is 16.5. The molecule has 2 aromatic rings. The van der Waals surface area contributed by atoms with Gasteiger partial charge in [0.15, 0.2) is 11.6 Å². The van der Waals surface area contributed by atoms with Crippen LogP contribution >= 0.6 is 0 Å². The van der Waals surface area contributed by atoms with Gasteiger partial charge in [-0.2, -0.15) is 0 Å². The lowest BCUT2D eigenvalue weighted by molar-refractivity contribution is 0.414. The van der Waals surface area contributed by atoms with E-state index in [0.717, 1.165) is 23.4 Å². The summed E-state index contributed by atoms with van der Waals surface area (Å²) in [7, 11) is 1.62. The van der Waals surface area contributed by atoms with E-state index in [2.05, 4.69) is 20.3 Å². The average molecular weight is 244 g/mol. The fraction of sp³-hybridized carbons (Fsp3) is 0.308. The van der Waals surface area contributed by atoms with Crippen LogP contribution in [-0.4, -0.2) is 28.6 Å². The molecule has 1 N–H and O–H groups in total. The molecule has 0 fully saturated rings. The van der Waals surface area contributed by atoms with Crippen LogP contribution in [0.15, 0.2) is 24.8 Å². The number of methoxy groups -OCH3 is 1. The van der Waals surface area contributed by atoms with Crippen LogP contribution in [0, 0.1) is 6.92 Å². The van der Waals surface area contributed by atoms with Gasteiger partial charge in [-0.1, -0.05) is 0 Å². The summed E-state index contributed by atoms with van der Waals surface area (Å²) in [5.41, 5.74) is 2.81. The zero-order chi connectivity index (χ0) is 13.0. The van der Waals surface area contributed by atoms with Gasteiger partial charge in [-0.3, -0.25) is 4.98 Å². The number of nitrogens with one attached hydrogen (secondary N) is 1. The molecule has 0 unspecified atom stereocenters. The number of aromatic nitrogens is 3. The fourth-order valence-electron chi connectivity index (χ4n) is 1.76. The Bertz CT molecular complexity index is 542. The monoisotopic (exact) mass is 244 g/mol. The third-order valence-electron chi connectivity index (χ3n) is 2.65. The number of anilines is 1. The zero-order valence-corrected chi connectivity index (χ0v) is 10.8. The van der Waals surface area contributed by atoms with Gasteiger partial charge in [0.2, 0.25) is 0 Å². The Balaban J connectivity index is 2.57. The molecular formula is C13H16N4O. The summed E-state index contributed by atoms with van der Waals surface area (Å²) in [6.45, 7) is 4.81. The van der Waals surface area contributed by atoms with Gasteiger partial charge in [0.05, 0.1) is 7.11 Å². The van der Waals surface area contributed by atoms with Crippen LogP contribution in [0.4, 0.5) is 5.82 Å². The number of rotatable bonds is 4. The summed E-state index contributed by atoms with van der Waals surface area (Å²) in [4.78, 5) is 12.6. The van der Waals surface area contributed by atoms with Crippen LogP contribution in [0.3, 0.4) is 0 Å². The fourth-order valence-corrected chi connectivity index (χ4v) is 1.76. The Morgan fingerprint density at radius 2 is 2.17 bits per heavy atom. The van der Waals surface area contributed by atoms with Crippen molar-refractivity contribution in [2.24, 2.45) is 0 Å². The van der Waals surface area contributed by atoms with E-state index in [0.29, 0.717) is 11.6 Å². The molecule has 0 aliphatic heterocycles. The minimum absolute atomic E-state index is 0.649. The van der Waals surface area contributed by atoms with E-state index in [1.165, 1.54) is 6.33 Å². The maximum atomic E-state index is 5.42. The smallest absolute Gasteiger partial charge is 0.187 e. The first-order valence-electron chi connectivity index (χ1n) is 5.81. The van der Waals surface area contributed by atoms with Crippen molar-refractivity contribution in [2.75, 3.05) is 19.0 Å². The minimum Gasteiger partial charge on any atom is -0.491 e. The lowest BCUT2D eigenvalue weighted by Crippen LogP contribution is -2.04. The van der Waals surface area contributed by atoms with E-state index in [4.69, 9.17) is 4.74 Å². The van der Waals surface area contributed by atoms with Crippen molar-refractivity contribution in [1.29, 1.82) is 0 Å². The molecule has 0 spiro atoms. The number of hydrogen-bond acceptors (Lipinski definition) is 5. The maximum absolute atomic E-state index is 5.42.